The lowest BCUT2D eigenvalue weighted by Gasteiger charge is -2.23. The van der Waals surface area contributed by atoms with Crippen LogP contribution >= 0.6 is 11.8 Å². The fourth-order valence-electron chi connectivity index (χ4n) is 8.77. The first-order valence-electron chi connectivity index (χ1n) is 28.8. The van der Waals surface area contributed by atoms with Gasteiger partial charge in [0.2, 0.25) is 29.5 Å². The molecule has 17 N–H and O–H groups in total. The minimum atomic E-state index is -1.30. The van der Waals surface area contributed by atoms with Crippen molar-refractivity contribution in [3.63, 3.8) is 0 Å². The number of nitrogens with two attached hydrogens (primary N) is 4. The molecule has 2 fully saturated rings. The molecule has 4 rings (SSSR count). The van der Waals surface area contributed by atoms with Crippen molar-refractivity contribution in [3.8, 4) is 0 Å². The summed E-state index contributed by atoms with van der Waals surface area (Å²) in [6.45, 7) is 5.74. The fourth-order valence-corrected chi connectivity index (χ4v) is 10.3. The molecule has 0 bridgehead atoms. The van der Waals surface area contributed by atoms with E-state index in [1.807, 2.05) is 36.0 Å². The number of aliphatic imine (C=N–C) groups is 2. The van der Waals surface area contributed by atoms with E-state index < -0.39 is 54.3 Å². The molecule has 0 spiro atoms. The number of aromatic amines is 1. The summed E-state index contributed by atoms with van der Waals surface area (Å²) in [7, 11) is 0. The number of H-pyrrole nitrogens is 1. The lowest BCUT2D eigenvalue weighted by molar-refractivity contribution is -0.141. The van der Waals surface area contributed by atoms with Crippen molar-refractivity contribution >= 4 is 76.1 Å². The van der Waals surface area contributed by atoms with Gasteiger partial charge in [0, 0.05) is 67.0 Å². The second-order valence-corrected chi connectivity index (χ2v) is 21.0. The minimum absolute atomic E-state index is 0.0149. The molecule has 478 valence electrons. The number of unbranched alkanes of at least 4 members (excludes halogenated alkanes) is 1. The number of nitrogens with zero attached hydrogens (tertiary/aromatic N) is 2. The number of thioether (sulfide) groups is 1. The van der Waals surface area contributed by atoms with E-state index in [0.717, 1.165) is 35.9 Å². The molecule has 2 saturated heterocycles. The molecule has 85 heavy (non-hydrogen) atoms. The Morgan fingerprint density at radius 3 is 1.69 bits per heavy atom. The second-order valence-electron chi connectivity index (χ2n) is 19.7. The Morgan fingerprint density at radius 2 is 1.13 bits per heavy atom. The van der Waals surface area contributed by atoms with Gasteiger partial charge < -0.3 is 108 Å². The molecule has 7 amide bonds. The highest BCUT2D eigenvalue weighted by molar-refractivity contribution is 8.00. The Balaban J connectivity index is 0.962. The first-order chi connectivity index (χ1) is 41.2. The van der Waals surface area contributed by atoms with Crippen LogP contribution in [0, 0.1) is 0 Å². The number of nitrogens with one attached hydrogen (secondary N) is 8. The zero-order valence-electron chi connectivity index (χ0n) is 48.5. The van der Waals surface area contributed by atoms with Gasteiger partial charge in [0.15, 0.2) is 11.9 Å². The van der Waals surface area contributed by atoms with Crippen molar-refractivity contribution in [2.45, 2.75) is 99.7 Å². The molecule has 2 aliphatic heterocycles. The van der Waals surface area contributed by atoms with Crippen molar-refractivity contribution in [3.05, 3.63) is 36.0 Å². The average molecular weight is 1220 g/mol. The van der Waals surface area contributed by atoms with Gasteiger partial charge in [-0.1, -0.05) is 24.6 Å². The van der Waals surface area contributed by atoms with Crippen molar-refractivity contribution in [1.29, 1.82) is 0 Å². The van der Waals surface area contributed by atoms with E-state index in [1.165, 1.54) is 0 Å². The van der Waals surface area contributed by atoms with E-state index in [-0.39, 0.29) is 107 Å². The Morgan fingerprint density at radius 1 is 0.600 bits per heavy atom. The average Bonchev–Trinajstić information content (AvgIpc) is 4.41. The Hall–Kier alpha value is -6.58. The van der Waals surface area contributed by atoms with Crippen molar-refractivity contribution in [1.82, 2.24) is 42.2 Å². The van der Waals surface area contributed by atoms with Crippen LogP contribution in [0.3, 0.4) is 0 Å². The topological polar surface area (TPSA) is 442 Å². The number of aromatic nitrogens is 1. The number of ether oxygens (including phenoxy) is 8. The number of hydrogen-bond donors (Lipinski definition) is 13. The normalized spacial score (nSPS) is 16.3. The maximum Gasteiger partial charge on any atom is 0.326 e. The highest BCUT2D eigenvalue weighted by Crippen LogP contribution is 2.33. The predicted octanol–water partition coefficient (Wildman–Crippen LogP) is -2.16. The van der Waals surface area contributed by atoms with Gasteiger partial charge >= 0.3 is 12.0 Å². The first-order valence-corrected chi connectivity index (χ1v) is 29.9. The van der Waals surface area contributed by atoms with Crippen LogP contribution in [0.1, 0.15) is 63.4 Å². The fraction of sp³-hybridized carbons (Fsp3) is 0.685. The van der Waals surface area contributed by atoms with Gasteiger partial charge in [-0.3, -0.25) is 34.0 Å². The number of benzene rings is 1. The number of para-hydroxylation sites is 1. The van der Waals surface area contributed by atoms with Gasteiger partial charge in [-0.25, -0.2) is 9.59 Å². The molecule has 1 aromatic heterocycles. The van der Waals surface area contributed by atoms with Crippen LogP contribution in [-0.2, 0) is 73.1 Å². The van der Waals surface area contributed by atoms with E-state index in [0.29, 0.717) is 110 Å². The zero-order valence-corrected chi connectivity index (χ0v) is 49.3. The summed E-state index contributed by atoms with van der Waals surface area (Å²) in [5, 5.41) is 30.2. The number of carboxylic acids is 1. The highest BCUT2D eigenvalue weighted by atomic mass is 32.2. The number of guanidine groups is 2. The Labute approximate surface area is 499 Å². The largest absolute Gasteiger partial charge is 0.480 e. The molecule has 3 heterocycles. The number of aliphatic carboxylic acids is 1. The molecular formula is C54H90N14O16S. The zero-order chi connectivity index (χ0) is 61.3. The number of carbonyl (C=O) groups excluding carboxylic acids is 6. The van der Waals surface area contributed by atoms with Crippen molar-refractivity contribution < 1.29 is 76.6 Å². The van der Waals surface area contributed by atoms with Crippen LogP contribution in [0.4, 0.5) is 4.79 Å². The number of carboxylic acid groups (broad SMARTS) is 1. The lowest BCUT2D eigenvalue weighted by Crippen LogP contribution is -2.55. The van der Waals surface area contributed by atoms with Gasteiger partial charge in [-0.15, -0.1) is 0 Å². The SMILES string of the molecule is NC(N)=NCCC[C@H](NC(=O)CCOCCOCCOCCOCCOCCOCCOCCOCCNC(=O)CCCC[C@@H]1SC[C@@H]2NC(=O)N[C@@H]21)C(=O)N[C@@H](CCCN=C(N)N)C(=O)NCC(=O)N[C@@H](Cc1c[nH]c2ccccc12)C(=O)O. The van der Waals surface area contributed by atoms with Crippen LogP contribution in [0.5, 0.6) is 0 Å². The number of urea groups is 1. The van der Waals surface area contributed by atoms with E-state index >= 15 is 0 Å². The van der Waals surface area contributed by atoms with Gasteiger partial charge in [0.1, 0.15) is 18.1 Å². The maximum absolute atomic E-state index is 13.7. The molecule has 2 aliphatic rings. The van der Waals surface area contributed by atoms with Crippen molar-refractivity contribution in [2.24, 2.45) is 32.9 Å². The van der Waals surface area contributed by atoms with E-state index in [4.69, 9.17) is 60.8 Å². The first kappa shape index (κ1) is 70.9. The lowest BCUT2D eigenvalue weighted by atomic mass is 10.0. The number of fused-ring (bicyclic) bond motifs is 2. The second kappa shape index (κ2) is 43.1. The van der Waals surface area contributed by atoms with E-state index in [1.54, 1.807) is 6.20 Å². The van der Waals surface area contributed by atoms with E-state index in [9.17, 15) is 38.7 Å². The quantitative estimate of drug-likeness (QED) is 0.0145. The molecule has 31 heteroatoms. The third kappa shape index (κ3) is 31.4. The van der Waals surface area contributed by atoms with Gasteiger partial charge in [-0.2, -0.15) is 11.8 Å². The van der Waals surface area contributed by atoms with Crippen molar-refractivity contribution in [2.75, 3.05) is 138 Å². The summed E-state index contributed by atoms with van der Waals surface area (Å²) < 4.78 is 44.2. The molecule has 0 unspecified atom stereocenters. The third-order valence-electron chi connectivity index (χ3n) is 13.1. The molecule has 0 radical (unpaired) electrons. The van der Waals surface area contributed by atoms with Crippen LogP contribution in [0.25, 0.3) is 10.9 Å². The monoisotopic (exact) mass is 1220 g/mol. The van der Waals surface area contributed by atoms with Crippen LogP contribution in [0.2, 0.25) is 0 Å². The number of hydrogen-bond acceptors (Lipinski definition) is 18. The molecule has 30 nitrogen and oxygen atoms in total. The van der Waals surface area contributed by atoms with E-state index in [2.05, 4.69) is 52.2 Å². The summed E-state index contributed by atoms with van der Waals surface area (Å²) in [6.07, 6.45) is 5.44. The maximum atomic E-state index is 13.7. The van der Waals surface area contributed by atoms with Gasteiger partial charge in [0.05, 0.1) is 124 Å². The summed E-state index contributed by atoms with van der Waals surface area (Å²) >= 11 is 1.88. The van der Waals surface area contributed by atoms with Crippen LogP contribution < -0.4 is 60.2 Å². The summed E-state index contributed by atoms with van der Waals surface area (Å²) in [6, 6.07) is 4.03. The summed E-state index contributed by atoms with van der Waals surface area (Å²) in [4.78, 5) is 99.9. The number of carbonyl (C=O) groups is 7. The number of rotatable bonds is 50. The summed E-state index contributed by atoms with van der Waals surface area (Å²) in [5.74, 6) is -3.36. The molecule has 1 aromatic carbocycles. The van der Waals surface area contributed by atoms with Gasteiger partial charge in [-0.05, 0) is 50.2 Å². The van der Waals surface area contributed by atoms with Gasteiger partial charge in [0.25, 0.3) is 0 Å². The molecule has 0 saturated carbocycles. The minimum Gasteiger partial charge on any atom is -0.480 e. The predicted molar refractivity (Wildman–Crippen MR) is 316 cm³/mol. The highest BCUT2D eigenvalue weighted by Gasteiger charge is 2.42. The summed E-state index contributed by atoms with van der Waals surface area (Å²) in [5.41, 5.74) is 23.3. The Kier molecular flexibility index (Phi) is 36.0. The number of amides is 7. The molecule has 2 aromatic rings. The molecular weight excluding hydrogens is 1130 g/mol. The standard InChI is InChI=1S/C54H90N14O16S/c55-52(56)60-14-5-9-40(49(72)63-35-47(71)65-42(51(74)75)33-37-34-62-39-8-2-1-7-38(37)39)66-50(73)41(10-6-15-61-53(57)58)64-46(70)13-17-77-19-21-79-23-25-81-27-29-83-31-32-84-30-28-82-26-24-80-22-20-78-18-16-59-45(69)12-4-3-11-44-48-43(36-85-44)67-54(76)68-48/h1-2,7-8,34,40-44,48,62H,3-6,9-33,35-36H2,(H,59,69)(H,63,72)(H,64,70)(H,65,71)(H,66,73)(H,74,75)(H4,55,56,60)(H4,57,58,61)(H2,67,68,76)/t40-,41-,42-,43-,44-,48-/m0/s1. The van der Waals surface area contributed by atoms with Crippen LogP contribution in [-0.4, -0.2) is 237 Å². The van der Waals surface area contributed by atoms with Crippen LogP contribution in [0.15, 0.2) is 40.4 Å². The molecule has 0 aliphatic carbocycles. The third-order valence-corrected chi connectivity index (χ3v) is 14.6. The molecule has 6 atom stereocenters. The smallest absolute Gasteiger partial charge is 0.326 e. The Bertz CT molecular complexity index is 2360.